The maximum atomic E-state index is 4.80. The molecule has 0 aliphatic carbocycles. The molecule has 1 aliphatic heterocycles. The average molecular weight is 331 g/mol. The maximum absolute atomic E-state index is 4.80. The summed E-state index contributed by atoms with van der Waals surface area (Å²) >= 11 is 0. The molecule has 0 saturated carbocycles. The van der Waals surface area contributed by atoms with E-state index in [-0.39, 0.29) is 0 Å². The van der Waals surface area contributed by atoms with Crippen LogP contribution in [-0.2, 0) is 6.54 Å². The Labute approximate surface area is 147 Å². The Kier molecular flexibility index (Phi) is 7.10. The van der Waals surface area contributed by atoms with Crippen molar-refractivity contribution in [2.75, 3.05) is 19.6 Å². The van der Waals surface area contributed by atoms with Crippen LogP contribution in [0.15, 0.2) is 23.2 Å². The number of hydrogen-bond donors (Lipinski definition) is 2. The molecule has 4 nitrogen and oxygen atoms in total. The van der Waals surface area contributed by atoms with E-state index in [2.05, 4.69) is 68.4 Å². The van der Waals surface area contributed by atoms with Crippen LogP contribution in [0.2, 0.25) is 0 Å². The second-order valence-electron chi connectivity index (χ2n) is 7.17. The molecule has 1 heterocycles. The molecule has 1 saturated heterocycles. The summed E-state index contributed by atoms with van der Waals surface area (Å²) in [6.07, 6.45) is 2.37. The van der Waals surface area contributed by atoms with Gasteiger partial charge in [-0.2, -0.15) is 0 Å². The van der Waals surface area contributed by atoms with Crippen LogP contribution in [0.25, 0.3) is 0 Å². The number of piperidine rings is 1. The SMILES string of the molecule is CCNC(=NCc1ccc(C)cc1C)NC1CCN(C(C)C)CC1. The number of aliphatic imine (C=N–C) groups is 1. The van der Waals surface area contributed by atoms with Crippen LogP contribution in [0.4, 0.5) is 0 Å². The van der Waals surface area contributed by atoms with E-state index in [1.54, 1.807) is 0 Å². The summed E-state index contributed by atoms with van der Waals surface area (Å²) in [5.41, 5.74) is 3.93. The molecule has 0 bridgehead atoms. The third-order valence-electron chi connectivity index (χ3n) is 4.85. The van der Waals surface area contributed by atoms with Crippen molar-refractivity contribution in [3.8, 4) is 0 Å². The second-order valence-corrected chi connectivity index (χ2v) is 7.17. The molecule has 0 aromatic heterocycles. The van der Waals surface area contributed by atoms with Crippen molar-refractivity contribution in [1.29, 1.82) is 0 Å². The minimum Gasteiger partial charge on any atom is -0.357 e. The highest BCUT2D eigenvalue weighted by atomic mass is 15.2. The Balaban J connectivity index is 1.94. The molecule has 1 aromatic rings. The van der Waals surface area contributed by atoms with Crippen molar-refractivity contribution >= 4 is 5.96 Å². The first-order valence-corrected chi connectivity index (χ1v) is 9.34. The van der Waals surface area contributed by atoms with Crippen LogP contribution in [0.5, 0.6) is 0 Å². The van der Waals surface area contributed by atoms with E-state index in [1.165, 1.54) is 42.6 Å². The van der Waals surface area contributed by atoms with Crippen LogP contribution in [0.3, 0.4) is 0 Å². The Morgan fingerprint density at radius 1 is 1.25 bits per heavy atom. The molecule has 0 radical (unpaired) electrons. The molecule has 2 N–H and O–H groups in total. The molecule has 0 atom stereocenters. The monoisotopic (exact) mass is 330 g/mol. The lowest BCUT2D eigenvalue weighted by Crippen LogP contribution is -2.49. The largest absolute Gasteiger partial charge is 0.357 e. The lowest BCUT2D eigenvalue weighted by Gasteiger charge is -2.35. The van der Waals surface area contributed by atoms with Gasteiger partial charge in [0.2, 0.25) is 0 Å². The molecule has 134 valence electrons. The zero-order chi connectivity index (χ0) is 17.5. The summed E-state index contributed by atoms with van der Waals surface area (Å²) in [4.78, 5) is 7.36. The predicted octanol–water partition coefficient (Wildman–Crippen LogP) is 3.23. The van der Waals surface area contributed by atoms with Crippen molar-refractivity contribution in [2.45, 2.75) is 66.1 Å². The first-order chi connectivity index (χ1) is 11.5. The Morgan fingerprint density at radius 2 is 1.96 bits per heavy atom. The van der Waals surface area contributed by atoms with Gasteiger partial charge in [-0.25, -0.2) is 4.99 Å². The van der Waals surface area contributed by atoms with Crippen molar-refractivity contribution in [3.63, 3.8) is 0 Å². The summed E-state index contributed by atoms with van der Waals surface area (Å²) in [5.74, 6) is 0.945. The minimum absolute atomic E-state index is 0.525. The molecule has 0 amide bonds. The zero-order valence-corrected chi connectivity index (χ0v) is 16.0. The quantitative estimate of drug-likeness (QED) is 0.643. The van der Waals surface area contributed by atoms with Crippen LogP contribution in [0, 0.1) is 13.8 Å². The predicted molar refractivity (Wildman–Crippen MR) is 104 cm³/mol. The molecule has 1 fully saturated rings. The molecular formula is C20H34N4. The van der Waals surface area contributed by atoms with Gasteiger partial charge in [0.25, 0.3) is 0 Å². The fraction of sp³-hybridized carbons (Fsp3) is 0.650. The number of rotatable bonds is 5. The Bertz CT molecular complexity index is 543. The van der Waals surface area contributed by atoms with E-state index >= 15 is 0 Å². The van der Waals surface area contributed by atoms with E-state index in [9.17, 15) is 0 Å². The summed E-state index contributed by atoms with van der Waals surface area (Å²) in [6, 6.07) is 7.76. The van der Waals surface area contributed by atoms with Gasteiger partial charge in [-0.05, 0) is 58.6 Å². The topological polar surface area (TPSA) is 39.7 Å². The maximum Gasteiger partial charge on any atom is 0.191 e. The lowest BCUT2D eigenvalue weighted by atomic mass is 10.0. The number of benzene rings is 1. The molecule has 1 aromatic carbocycles. The van der Waals surface area contributed by atoms with Gasteiger partial charge in [-0.3, -0.25) is 0 Å². The average Bonchev–Trinajstić information content (AvgIpc) is 2.54. The second kappa shape index (κ2) is 9.07. The van der Waals surface area contributed by atoms with E-state index < -0.39 is 0 Å². The molecule has 4 heteroatoms. The summed E-state index contributed by atoms with van der Waals surface area (Å²) < 4.78 is 0. The fourth-order valence-corrected chi connectivity index (χ4v) is 3.26. The smallest absolute Gasteiger partial charge is 0.191 e. The van der Waals surface area contributed by atoms with Crippen molar-refractivity contribution in [3.05, 3.63) is 34.9 Å². The molecule has 1 aliphatic rings. The number of aryl methyl sites for hydroxylation is 2. The Hall–Kier alpha value is -1.55. The van der Waals surface area contributed by atoms with Gasteiger partial charge in [0.1, 0.15) is 0 Å². The molecule has 0 spiro atoms. The van der Waals surface area contributed by atoms with Crippen molar-refractivity contribution in [2.24, 2.45) is 4.99 Å². The van der Waals surface area contributed by atoms with Crippen LogP contribution >= 0.6 is 0 Å². The van der Waals surface area contributed by atoms with Crippen LogP contribution in [-0.4, -0.2) is 42.6 Å². The molecule has 0 unspecified atom stereocenters. The number of guanidine groups is 1. The van der Waals surface area contributed by atoms with E-state index in [4.69, 9.17) is 4.99 Å². The fourth-order valence-electron chi connectivity index (χ4n) is 3.26. The number of likely N-dealkylation sites (tertiary alicyclic amines) is 1. The highest BCUT2D eigenvalue weighted by molar-refractivity contribution is 5.80. The summed E-state index contributed by atoms with van der Waals surface area (Å²) in [6.45, 7) is 14.9. The third-order valence-corrected chi connectivity index (χ3v) is 4.85. The van der Waals surface area contributed by atoms with Crippen LogP contribution < -0.4 is 10.6 Å². The van der Waals surface area contributed by atoms with Gasteiger partial charge in [0.15, 0.2) is 5.96 Å². The third kappa shape index (κ3) is 5.52. The van der Waals surface area contributed by atoms with E-state index in [0.29, 0.717) is 12.1 Å². The van der Waals surface area contributed by atoms with Gasteiger partial charge in [0.05, 0.1) is 6.54 Å². The number of nitrogens with one attached hydrogen (secondary N) is 2. The normalized spacial score (nSPS) is 17.3. The van der Waals surface area contributed by atoms with Gasteiger partial charge in [-0.1, -0.05) is 23.8 Å². The zero-order valence-electron chi connectivity index (χ0n) is 16.0. The molecular weight excluding hydrogens is 296 g/mol. The van der Waals surface area contributed by atoms with Crippen molar-refractivity contribution in [1.82, 2.24) is 15.5 Å². The highest BCUT2D eigenvalue weighted by Crippen LogP contribution is 2.14. The van der Waals surface area contributed by atoms with E-state index in [1.807, 2.05) is 0 Å². The van der Waals surface area contributed by atoms with Gasteiger partial charge < -0.3 is 15.5 Å². The van der Waals surface area contributed by atoms with Gasteiger partial charge in [-0.15, -0.1) is 0 Å². The summed E-state index contributed by atoms with van der Waals surface area (Å²) in [5, 5.41) is 7.02. The summed E-state index contributed by atoms with van der Waals surface area (Å²) in [7, 11) is 0. The minimum atomic E-state index is 0.525. The van der Waals surface area contributed by atoms with E-state index in [0.717, 1.165) is 19.0 Å². The standard InChI is InChI=1S/C20H34N4/c1-6-21-20(22-14-18-8-7-16(4)13-17(18)5)23-19-9-11-24(12-10-19)15(2)3/h7-8,13,15,19H,6,9-12,14H2,1-5H3,(H2,21,22,23). The molecule has 2 rings (SSSR count). The van der Waals surface area contributed by atoms with Crippen LogP contribution in [0.1, 0.15) is 50.3 Å². The first kappa shape index (κ1) is 18.8. The molecule has 24 heavy (non-hydrogen) atoms. The van der Waals surface area contributed by atoms with Gasteiger partial charge >= 0.3 is 0 Å². The lowest BCUT2D eigenvalue weighted by molar-refractivity contribution is 0.167. The van der Waals surface area contributed by atoms with Gasteiger partial charge in [0, 0.05) is 31.7 Å². The highest BCUT2D eigenvalue weighted by Gasteiger charge is 2.21. The Morgan fingerprint density at radius 3 is 2.54 bits per heavy atom. The van der Waals surface area contributed by atoms with Crippen molar-refractivity contribution < 1.29 is 0 Å². The number of hydrogen-bond acceptors (Lipinski definition) is 2. The number of nitrogens with zero attached hydrogens (tertiary/aromatic N) is 2. The first-order valence-electron chi connectivity index (χ1n) is 9.34.